The Balaban J connectivity index is 2.12. The normalized spacial score (nSPS) is 23.6. The second-order valence-corrected chi connectivity index (χ2v) is 4.00. The molecule has 0 spiro atoms. The first-order valence-electron chi connectivity index (χ1n) is 5.30. The lowest BCUT2D eigenvalue weighted by Crippen LogP contribution is -2.35. The van der Waals surface area contributed by atoms with Crippen molar-refractivity contribution in [1.82, 2.24) is 4.90 Å². The van der Waals surface area contributed by atoms with E-state index < -0.39 is 0 Å². The van der Waals surface area contributed by atoms with Gasteiger partial charge in [0.25, 0.3) is 5.91 Å². The number of hydrogen-bond acceptors (Lipinski definition) is 2. The molecule has 2 aliphatic heterocycles. The highest BCUT2D eigenvalue weighted by atomic mass is 16.2. The van der Waals surface area contributed by atoms with Gasteiger partial charge in [0.05, 0.1) is 17.3 Å². The summed E-state index contributed by atoms with van der Waals surface area (Å²) in [4.78, 5) is 18.5. The number of carbonyl (C=O) groups is 1. The first kappa shape index (κ1) is 8.65. The van der Waals surface area contributed by atoms with Crippen LogP contribution in [-0.4, -0.2) is 29.6 Å². The van der Waals surface area contributed by atoms with E-state index in [1.54, 1.807) is 0 Å². The average molecular weight is 200 g/mol. The molecule has 0 aromatic heterocycles. The Kier molecular flexibility index (Phi) is 1.84. The van der Waals surface area contributed by atoms with Crippen LogP contribution in [0.3, 0.4) is 0 Å². The first-order chi connectivity index (χ1) is 7.36. The molecule has 0 saturated carbocycles. The lowest BCUT2D eigenvalue weighted by atomic mass is 10.1. The van der Waals surface area contributed by atoms with E-state index in [4.69, 9.17) is 0 Å². The van der Waals surface area contributed by atoms with E-state index in [0.29, 0.717) is 0 Å². The zero-order valence-electron chi connectivity index (χ0n) is 8.39. The monoisotopic (exact) mass is 200 g/mol. The minimum absolute atomic E-state index is 0.130. The molecule has 2 heterocycles. The molecule has 1 unspecified atom stereocenters. The molecule has 3 heteroatoms. The molecule has 76 valence electrons. The summed E-state index contributed by atoms with van der Waals surface area (Å²) in [6, 6.07) is 7.77. The molecule has 0 aliphatic carbocycles. The maximum atomic E-state index is 12.2. The van der Waals surface area contributed by atoms with Gasteiger partial charge < -0.3 is 4.90 Å². The van der Waals surface area contributed by atoms with Gasteiger partial charge in [0.15, 0.2) is 0 Å². The van der Waals surface area contributed by atoms with Crippen LogP contribution in [0.15, 0.2) is 29.3 Å². The number of aliphatic imine (C=N–C) groups is 1. The van der Waals surface area contributed by atoms with Gasteiger partial charge in [-0.05, 0) is 25.0 Å². The fourth-order valence-electron chi connectivity index (χ4n) is 2.29. The van der Waals surface area contributed by atoms with Gasteiger partial charge in [0, 0.05) is 12.8 Å². The minimum Gasteiger partial charge on any atom is -0.331 e. The van der Waals surface area contributed by atoms with Crippen LogP contribution >= 0.6 is 0 Å². The largest absolute Gasteiger partial charge is 0.331 e. The Bertz CT molecular complexity index is 439. The van der Waals surface area contributed by atoms with Crippen molar-refractivity contribution < 1.29 is 4.79 Å². The third-order valence-electron chi connectivity index (χ3n) is 3.08. The van der Waals surface area contributed by atoms with Crippen LogP contribution in [0.2, 0.25) is 0 Å². The third kappa shape index (κ3) is 1.27. The molecule has 1 aromatic carbocycles. The summed E-state index contributed by atoms with van der Waals surface area (Å²) in [7, 11) is 0. The lowest BCUT2D eigenvalue weighted by molar-refractivity contribution is 0.0775. The summed E-state index contributed by atoms with van der Waals surface area (Å²) < 4.78 is 0. The molecule has 15 heavy (non-hydrogen) atoms. The van der Waals surface area contributed by atoms with Crippen LogP contribution in [0.25, 0.3) is 0 Å². The van der Waals surface area contributed by atoms with Gasteiger partial charge in [-0.3, -0.25) is 9.79 Å². The summed E-state index contributed by atoms with van der Waals surface area (Å²) in [5.41, 5.74) is 1.54. The van der Waals surface area contributed by atoms with E-state index in [9.17, 15) is 4.79 Å². The summed E-state index contributed by atoms with van der Waals surface area (Å²) in [6.07, 6.45) is 4.05. The predicted molar refractivity (Wildman–Crippen MR) is 58.7 cm³/mol. The van der Waals surface area contributed by atoms with Crippen LogP contribution in [0.4, 0.5) is 5.69 Å². The van der Waals surface area contributed by atoms with Gasteiger partial charge >= 0.3 is 0 Å². The summed E-state index contributed by atoms with van der Waals surface area (Å²) in [5, 5.41) is 0. The Morgan fingerprint density at radius 3 is 3.13 bits per heavy atom. The highest BCUT2D eigenvalue weighted by molar-refractivity contribution is 6.02. The van der Waals surface area contributed by atoms with E-state index >= 15 is 0 Å². The van der Waals surface area contributed by atoms with E-state index in [1.807, 2.05) is 35.4 Å². The van der Waals surface area contributed by atoms with Gasteiger partial charge in [-0.15, -0.1) is 0 Å². The van der Waals surface area contributed by atoms with Crippen LogP contribution in [-0.2, 0) is 0 Å². The number of nitrogens with zero attached hydrogens (tertiary/aromatic N) is 2. The predicted octanol–water partition coefficient (Wildman–Crippen LogP) is 2.01. The number of hydrogen-bond donors (Lipinski definition) is 0. The molecular formula is C12H12N2O. The number of rotatable bonds is 0. The molecule has 3 rings (SSSR count). The smallest absolute Gasteiger partial charge is 0.256 e. The fourth-order valence-corrected chi connectivity index (χ4v) is 2.29. The van der Waals surface area contributed by atoms with E-state index in [-0.39, 0.29) is 11.9 Å². The van der Waals surface area contributed by atoms with Crippen LogP contribution < -0.4 is 0 Å². The molecule has 1 saturated heterocycles. The molecule has 0 radical (unpaired) electrons. The van der Waals surface area contributed by atoms with Crippen molar-refractivity contribution in [3.63, 3.8) is 0 Å². The molecule has 3 nitrogen and oxygen atoms in total. The van der Waals surface area contributed by atoms with Crippen molar-refractivity contribution in [3.05, 3.63) is 29.8 Å². The van der Waals surface area contributed by atoms with Crippen LogP contribution in [0, 0.1) is 0 Å². The topological polar surface area (TPSA) is 32.7 Å². The zero-order chi connectivity index (χ0) is 10.3. The van der Waals surface area contributed by atoms with Crippen molar-refractivity contribution in [2.45, 2.75) is 18.9 Å². The van der Waals surface area contributed by atoms with Gasteiger partial charge in [-0.25, -0.2) is 0 Å². The van der Waals surface area contributed by atoms with Gasteiger partial charge in [-0.1, -0.05) is 12.1 Å². The van der Waals surface area contributed by atoms with Crippen molar-refractivity contribution in [1.29, 1.82) is 0 Å². The second-order valence-electron chi connectivity index (χ2n) is 4.00. The van der Waals surface area contributed by atoms with Crippen LogP contribution in [0.1, 0.15) is 23.2 Å². The zero-order valence-corrected chi connectivity index (χ0v) is 8.39. The summed E-state index contributed by atoms with van der Waals surface area (Å²) >= 11 is 0. The molecule has 1 aromatic rings. The minimum atomic E-state index is 0.130. The van der Waals surface area contributed by atoms with Gasteiger partial charge in [0.1, 0.15) is 0 Å². The highest BCUT2D eigenvalue weighted by Crippen LogP contribution is 2.27. The maximum absolute atomic E-state index is 12.2. The van der Waals surface area contributed by atoms with Crippen molar-refractivity contribution in [3.8, 4) is 0 Å². The first-order valence-corrected chi connectivity index (χ1v) is 5.30. The number of amides is 1. The Morgan fingerprint density at radius 1 is 1.33 bits per heavy atom. The Morgan fingerprint density at radius 2 is 2.20 bits per heavy atom. The Hall–Kier alpha value is -1.64. The number of carbonyl (C=O) groups excluding carboxylic acids is 1. The quantitative estimate of drug-likeness (QED) is 0.630. The van der Waals surface area contributed by atoms with Gasteiger partial charge in [0.2, 0.25) is 0 Å². The molecule has 2 aliphatic rings. The number of benzene rings is 1. The van der Waals surface area contributed by atoms with Crippen molar-refractivity contribution in [2.75, 3.05) is 6.54 Å². The number of fused-ring (bicyclic) bond motifs is 2. The van der Waals surface area contributed by atoms with Crippen molar-refractivity contribution >= 4 is 17.8 Å². The van der Waals surface area contributed by atoms with E-state index in [1.165, 1.54) is 0 Å². The molecule has 0 bridgehead atoms. The molecule has 1 atom stereocenters. The second kappa shape index (κ2) is 3.19. The molecule has 1 amide bonds. The standard InChI is InChI=1S/C12H12N2O/c15-12-10-5-1-2-6-11(10)13-8-9-4-3-7-14(9)12/h1-2,5-6,8-9H,3-4,7H2. The molecule has 1 fully saturated rings. The van der Waals surface area contributed by atoms with E-state index in [2.05, 4.69) is 4.99 Å². The number of para-hydroxylation sites is 1. The van der Waals surface area contributed by atoms with Gasteiger partial charge in [-0.2, -0.15) is 0 Å². The van der Waals surface area contributed by atoms with E-state index in [0.717, 1.165) is 30.6 Å². The summed E-state index contributed by atoms with van der Waals surface area (Å²) in [6.45, 7) is 0.865. The van der Waals surface area contributed by atoms with Crippen LogP contribution in [0.5, 0.6) is 0 Å². The highest BCUT2D eigenvalue weighted by Gasteiger charge is 2.31. The maximum Gasteiger partial charge on any atom is 0.256 e. The lowest BCUT2D eigenvalue weighted by Gasteiger charge is -2.19. The van der Waals surface area contributed by atoms with Crippen molar-refractivity contribution in [2.24, 2.45) is 4.99 Å². The fraction of sp³-hybridized carbons (Fsp3) is 0.333. The Labute approximate surface area is 88.4 Å². The molecular weight excluding hydrogens is 188 g/mol. The SMILES string of the molecule is O=C1c2ccccc2N=CC2CCCN12. The average Bonchev–Trinajstić information content (AvgIpc) is 2.69. The molecule has 0 N–H and O–H groups in total. The third-order valence-corrected chi connectivity index (χ3v) is 3.08. The summed E-state index contributed by atoms with van der Waals surface area (Å²) in [5.74, 6) is 0.130.